The second-order valence-electron chi connectivity index (χ2n) is 4.27. The first-order chi connectivity index (χ1) is 8.36. The minimum Gasteiger partial charge on any atom is -0.438 e. The number of fused-ring (bicyclic) bond motifs is 1. The van der Waals surface area contributed by atoms with Gasteiger partial charge in [0.05, 0.1) is 6.61 Å². The van der Waals surface area contributed by atoms with Crippen molar-refractivity contribution in [2.45, 2.75) is 19.4 Å². The summed E-state index contributed by atoms with van der Waals surface area (Å²) in [5.74, 6) is 0.681. The molecule has 1 aliphatic heterocycles. The van der Waals surface area contributed by atoms with Gasteiger partial charge in [-0.3, -0.25) is 0 Å². The lowest BCUT2D eigenvalue weighted by molar-refractivity contribution is 0.0118. The van der Waals surface area contributed by atoms with Gasteiger partial charge in [-0.1, -0.05) is 13.0 Å². The zero-order chi connectivity index (χ0) is 11.7. The van der Waals surface area contributed by atoms with E-state index in [1.54, 1.807) is 0 Å². The zero-order valence-electron chi connectivity index (χ0n) is 9.90. The molecule has 0 saturated carbocycles. The molecule has 4 nitrogen and oxygen atoms in total. The number of ether oxygens (including phenoxy) is 1. The number of aryl methyl sites for hydroxylation is 1. The number of aromatic nitrogens is 1. The molecule has 0 aliphatic carbocycles. The first-order valence-electron chi connectivity index (χ1n) is 6.08. The fourth-order valence-corrected chi connectivity index (χ4v) is 2.07. The Labute approximate surface area is 100.0 Å². The highest BCUT2D eigenvalue weighted by molar-refractivity contribution is 5.73. The fourth-order valence-electron chi connectivity index (χ4n) is 2.07. The maximum absolute atomic E-state index is 5.73. The summed E-state index contributed by atoms with van der Waals surface area (Å²) in [4.78, 5) is 4.51. The lowest BCUT2D eigenvalue weighted by Gasteiger charge is -2.20. The Morgan fingerprint density at radius 3 is 3.18 bits per heavy atom. The molecule has 0 amide bonds. The summed E-state index contributed by atoms with van der Waals surface area (Å²) in [6, 6.07) is 6.15. The van der Waals surface area contributed by atoms with Crippen LogP contribution in [0, 0.1) is 0 Å². The zero-order valence-corrected chi connectivity index (χ0v) is 9.90. The number of nitrogens with zero attached hydrogens (tertiary/aromatic N) is 1. The van der Waals surface area contributed by atoms with Crippen LogP contribution in [0.2, 0.25) is 0 Å². The van der Waals surface area contributed by atoms with Gasteiger partial charge < -0.3 is 14.5 Å². The second kappa shape index (κ2) is 4.47. The van der Waals surface area contributed by atoms with Gasteiger partial charge in [-0.05, 0) is 24.1 Å². The first kappa shape index (κ1) is 10.7. The molecule has 0 radical (unpaired) electrons. The number of hydrogen-bond donors (Lipinski definition) is 1. The summed E-state index contributed by atoms with van der Waals surface area (Å²) in [6.45, 7) is 4.52. The topological polar surface area (TPSA) is 47.3 Å². The SMILES string of the molecule is CCc1ccc2oc(C3CNCCO3)nc2c1. The highest BCUT2D eigenvalue weighted by atomic mass is 16.5. The Bertz CT molecular complexity index is 515. The van der Waals surface area contributed by atoms with Crippen molar-refractivity contribution in [3.8, 4) is 0 Å². The van der Waals surface area contributed by atoms with Crippen LogP contribution in [0.15, 0.2) is 22.6 Å². The van der Waals surface area contributed by atoms with Gasteiger partial charge in [0.2, 0.25) is 5.89 Å². The van der Waals surface area contributed by atoms with Crippen molar-refractivity contribution in [2.24, 2.45) is 0 Å². The maximum atomic E-state index is 5.73. The van der Waals surface area contributed by atoms with Crippen LogP contribution in [0.5, 0.6) is 0 Å². The van der Waals surface area contributed by atoms with E-state index >= 15 is 0 Å². The minimum atomic E-state index is -0.0544. The minimum absolute atomic E-state index is 0.0544. The van der Waals surface area contributed by atoms with E-state index in [1.165, 1.54) is 5.56 Å². The summed E-state index contributed by atoms with van der Waals surface area (Å²) < 4.78 is 11.4. The highest BCUT2D eigenvalue weighted by Gasteiger charge is 2.21. The molecule has 1 fully saturated rings. The van der Waals surface area contributed by atoms with Crippen molar-refractivity contribution >= 4 is 11.1 Å². The van der Waals surface area contributed by atoms with Crippen LogP contribution >= 0.6 is 0 Å². The molecule has 1 unspecified atom stereocenters. The molecule has 1 N–H and O–H groups in total. The average molecular weight is 232 g/mol. The van der Waals surface area contributed by atoms with Crippen molar-refractivity contribution in [3.05, 3.63) is 29.7 Å². The van der Waals surface area contributed by atoms with E-state index < -0.39 is 0 Å². The van der Waals surface area contributed by atoms with Crippen LogP contribution in [0.3, 0.4) is 0 Å². The molecule has 3 rings (SSSR count). The van der Waals surface area contributed by atoms with Crippen LogP contribution < -0.4 is 5.32 Å². The third-order valence-corrected chi connectivity index (χ3v) is 3.08. The molecule has 1 aromatic heterocycles. The summed E-state index contributed by atoms with van der Waals surface area (Å²) in [7, 11) is 0. The molecule has 17 heavy (non-hydrogen) atoms. The number of morpholine rings is 1. The molecule has 0 bridgehead atoms. The van der Waals surface area contributed by atoms with Gasteiger partial charge in [0.15, 0.2) is 5.58 Å². The Morgan fingerprint density at radius 1 is 1.47 bits per heavy atom. The van der Waals surface area contributed by atoms with Gasteiger partial charge in [0.25, 0.3) is 0 Å². The van der Waals surface area contributed by atoms with Crippen LogP contribution in [-0.2, 0) is 11.2 Å². The molecule has 1 aliphatic rings. The molecular weight excluding hydrogens is 216 g/mol. The highest BCUT2D eigenvalue weighted by Crippen LogP contribution is 2.24. The van der Waals surface area contributed by atoms with E-state index in [9.17, 15) is 0 Å². The molecule has 4 heteroatoms. The summed E-state index contributed by atoms with van der Waals surface area (Å²) in [5.41, 5.74) is 3.04. The van der Waals surface area contributed by atoms with Gasteiger partial charge in [0, 0.05) is 13.1 Å². The fraction of sp³-hybridized carbons (Fsp3) is 0.462. The van der Waals surface area contributed by atoms with Crippen molar-refractivity contribution < 1.29 is 9.15 Å². The predicted octanol–water partition coefficient (Wildman–Crippen LogP) is 2.05. The predicted molar refractivity (Wildman–Crippen MR) is 64.9 cm³/mol. The van der Waals surface area contributed by atoms with Crippen LogP contribution in [0.4, 0.5) is 0 Å². The number of oxazole rings is 1. The summed E-state index contributed by atoms with van der Waals surface area (Å²) in [6.07, 6.45) is 0.959. The van der Waals surface area contributed by atoms with E-state index in [0.29, 0.717) is 12.5 Å². The Hall–Kier alpha value is -1.39. The molecule has 1 saturated heterocycles. The van der Waals surface area contributed by atoms with Crippen LogP contribution in [0.25, 0.3) is 11.1 Å². The molecule has 2 aromatic rings. The molecule has 2 heterocycles. The van der Waals surface area contributed by atoms with E-state index in [2.05, 4.69) is 29.4 Å². The van der Waals surface area contributed by atoms with E-state index in [1.807, 2.05) is 6.07 Å². The quantitative estimate of drug-likeness (QED) is 0.860. The van der Waals surface area contributed by atoms with Gasteiger partial charge in [-0.15, -0.1) is 0 Å². The van der Waals surface area contributed by atoms with Crippen molar-refractivity contribution in [3.63, 3.8) is 0 Å². The Morgan fingerprint density at radius 2 is 2.41 bits per heavy atom. The monoisotopic (exact) mass is 232 g/mol. The largest absolute Gasteiger partial charge is 0.438 e. The summed E-state index contributed by atoms with van der Waals surface area (Å²) in [5, 5.41) is 3.28. The van der Waals surface area contributed by atoms with Crippen LogP contribution in [0.1, 0.15) is 24.5 Å². The first-order valence-corrected chi connectivity index (χ1v) is 6.08. The Kier molecular flexibility index (Phi) is 2.82. The number of rotatable bonds is 2. The van der Waals surface area contributed by atoms with E-state index in [4.69, 9.17) is 9.15 Å². The van der Waals surface area contributed by atoms with Gasteiger partial charge in [0.1, 0.15) is 11.6 Å². The molecule has 1 aromatic carbocycles. The molecular formula is C13H16N2O2. The molecule has 90 valence electrons. The Balaban J connectivity index is 1.95. The molecule has 0 spiro atoms. The summed E-state index contributed by atoms with van der Waals surface area (Å²) >= 11 is 0. The number of hydrogen-bond acceptors (Lipinski definition) is 4. The van der Waals surface area contributed by atoms with Gasteiger partial charge in [-0.2, -0.15) is 0 Å². The van der Waals surface area contributed by atoms with Crippen molar-refractivity contribution in [1.82, 2.24) is 10.3 Å². The third kappa shape index (κ3) is 2.06. The van der Waals surface area contributed by atoms with Crippen LogP contribution in [-0.4, -0.2) is 24.7 Å². The number of benzene rings is 1. The molecule has 1 atom stereocenters. The lowest BCUT2D eigenvalue weighted by atomic mass is 10.1. The van der Waals surface area contributed by atoms with Gasteiger partial charge >= 0.3 is 0 Å². The normalized spacial score (nSPS) is 20.9. The van der Waals surface area contributed by atoms with Gasteiger partial charge in [-0.25, -0.2) is 4.98 Å². The second-order valence-corrected chi connectivity index (χ2v) is 4.27. The smallest absolute Gasteiger partial charge is 0.225 e. The maximum Gasteiger partial charge on any atom is 0.225 e. The average Bonchev–Trinajstić information content (AvgIpc) is 2.82. The van der Waals surface area contributed by atoms with Crippen molar-refractivity contribution in [1.29, 1.82) is 0 Å². The van der Waals surface area contributed by atoms with E-state index in [-0.39, 0.29) is 6.10 Å². The van der Waals surface area contributed by atoms with E-state index in [0.717, 1.165) is 30.6 Å². The van der Waals surface area contributed by atoms with Crippen molar-refractivity contribution in [2.75, 3.05) is 19.7 Å². The lowest BCUT2D eigenvalue weighted by Crippen LogP contribution is -2.33. The number of nitrogens with one attached hydrogen (secondary N) is 1. The third-order valence-electron chi connectivity index (χ3n) is 3.08. The standard InChI is InChI=1S/C13H16N2O2/c1-2-9-3-4-11-10(7-9)15-13(17-11)12-8-14-5-6-16-12/h3-4,7,12,14H,2,5-6,8H2,1H3.